The van der Waals surface area contributed by atoms with Gasteiger partial charge in [-0.2, -0.15) is 0 Å². The zero-order chi connectivity index (χ0) is 21.7. The van der Waals surface area contributed by atoms with E-state index in [0.29, 0.717) is 0 Å². The quantitative estimate of drug-likeness (QED) is 0.246. The van der Waals surface area contributed by atoms with Crippen molar-refractivity contribution < 1.29 is 5.11 Å². The van der Waals surface area contributed by atoms with Crippen molar-refractivity contribution in [3.8, 4) is 0 Å². The highest BCUT2D eigenvalue weighted by Gasteiger charge is 2.00. The van der Waals surface area contributed by atoms with Crippen LogP contribution < -0.4 is 6.15 Å². The van der Waals surface area contributed by atoms with Crippen molar-refractivity contribution in [3.63, 3.8) is 0 Å². The normalized spacial score (nSPS) is 10.4. The van der Waals surface area contributed by atoms with Crippen LogP contribution in [-0.4, -0.2) is 12.2 Å². The van der Waals surface area contributed by atoms with Gasteiger partial charge in [0.15, 0.2) is 0 Å². The van der Waals surface area contributed by atoms with Gasteiger partial charge < -0.3 is 11.3 Å². The highest BCUT2D eigenvalue weighted by Crippen LogP contribution is 2.21. The number of aliphatic hydroxyl groups is 1. The van der Waals surface area contributed by atoms with Crippen molar-refractivity contribution in [2.75, 3.05) is 7.11 Å². The summed E-state index contributed by atoms with van der Waals surface area (Å²) in [6.07, 6.45) is 24.3. The first-order chi connectivity index (χ1) is 14.9. The van der Waals surface area contributed by atoms with Gasteiger partial charge in [-0.3, -0.25) is 0 Å². The number of fused-ring (bicyclic) bond motifs is 1. The predicted octanol–water partition coefficient (Wildman–Crippen LogP) is 9.41. The summed E-state index contributed by atoms with van der Waals surface area (Å²) in [5, 5.41) is 9.84. The zero-order valence-corrected chi connectivity index (χ0v) is 20.7. The number of unbranched alkanes of at least 4 members (excludes halogenated alkanes) is 15. The molecule has 2 heteroatoms. The molecule has 2 rings (SSSR count). The minimum Gasteiger partial charge on any atom is -0.400 e. The SMILES string of the molecule is CCCCCCCCCCCCCCCCCCc1cccc2ccccc12.CO.N. The number of hydrogen-bond donors (Lipinski definition) is 2. The Labute approximate surface area is 193 Å². The summed E-state index contributed by atoms with van der Waals surface area (Å²) in [4.78, 5) is 0. The summed E-state index contributed by atoms with van der Waals surface area (Å²) >= 11 is 0. The third kappa shape index (κ3) is 14.3. The van der Waals surface area contributed by atoms with Crippen molar-refractivity contribution >= 4 is 10.8 Å². The van der Waals surface area contributed by atoms with E-state index in [2.05, 4.69) is 49.4 Å². The molecule has 0 atom stereocenters. The lowest BCUT2D eigenvalue weighted by Crippen LogP contribution is -1.88. The van der Waals surface area contributed by atoms with Gasteiger partial charge >= 0.3 is 0 Å². The maximum atomic E-state index is 7.00. The Morgan fingerprint density at radius 3 is 1.45 bits per heavy atom. The van der Waals surface area contributed by atoms with Crippen LogP contribution in [-0.2, 0) is 6.42 Å². The minimum absolute atomic E-state index is 0. The second-order valence-electron chi connectivity index (χ2n) is 8.69. The van der Waals surface area contributed by atoms with Crippen LogP contribution in [0.3, 0.4) is 0 Å². The van der Waals surface area contributed by atoms with Gasteiger partial charge in [0, 0.05) is 7.11 Å². The first-order valence-corrected chi connectivity index (χ1v) is 12.8. The van der Waals surface area contributed by atoms with Crippen LogP contribution in [0.4, 0.5) is 0 Å². The predicted molar refractivity (Wildman–Crippen MR) is 140 cm³/mol. The molecule has 0 aliphatic heterocycles. The van der Waals surface area contributed by atoms with Crippen molar-refractivity contribution in [1.82, 2.24) is 6.15 Å². The first-order valence-electron chi connectivity index (χ1n) is 12.8. The molecule has 0 amide bonds. The van der Waals surface area contributed by atoms with Crippen LogP contribution in [0.15, 0.2) is 42.5 Å². The molecule has 2 aromatic rings. The van der Waals surface area contributed by atoms with Crippen LogP contribution in [0.5, 0.6) is 0 Å². The van der Waals surface area contributed by atoms with Crippen molar-refractivity contribution in [2.24, 2.45) is 0 Å². The molecule has 0 fully saturated rings. The summed E-state index contributed by atoms with van der Waals surface area (Å²) in [5.41, 5.74) is 1.53. The molecule has 4 N–H and O–H groups in total. The fourth-order valence-corrected chi connectivity index (χ4v) is 4.37. The maximum absolute atomic E-state index is 7.00. The van der Waals surface area contributed by atoms with E-state index in [1.165, 1.54) is 125 Å². The van der Waals surface area contributed by atoms with Gasteiger partial charge in [0.1, 0.15) is 0 Å². The molecule has 2 nitrogen and oxygen atoms in total. The lowest BCUT2D eigenvalue weighted by molar-refractivity contribution is 0.399. The number of rotatable bonds is 17. The highest BCUT2D eigenvalue weighted by atomic mass is 16.2. The molecule has 31 heavy (non-hydrogen) atoms. The average Bonchev–Trinajstić information content (AvgIpc) is 2.80. The second-order valence-corrected chi connectivity index (χ2v) is 8.69. The Bertz CT molecular complexity index is 620. The third-order valence-corrected chi connectivity index (χ3v) is 6.18. The largest absolute Gasteiger partial charge is 0.400 e. The minimum atomic E-state index is 0. The molecule has 0 radical (unpaired) electrons. The van der Waals surface area contributed by atoms with Crippen molar-refractivity contribution in [2.45, 2.75) is 116 Å². The molecular formula is C29H51NO. The molecule has 2 aromatic carbocycles. The van der Waals surface area contributed by atoms with Crippen LogP contribution >= 0.6 is 0 Å². The van der Waals surface area contributed by atoms with E-state index in [4.69, 9.17) is 5.11 Å². The van der Waals surface area contributed by atoms with E-state index in [1.807, 2.05) is 0 Å². The van der Waals surface area contributed by atoms with Gasteiger partial charge in [-0.15, -0.1) is 0 Å². The summed E-state index contributed by atoms with van der Waals surface area (Å²) in [6.45, 7) is 2.30. The van der Waals surface area contributed by atoms with Crippen LogP contribution in [0.1, 0.15) is 115 Å². The molecule has 0 aliphatic carbocycles. The number of hydrogen-bond acceptors (Lipinski definition) is 2. The van der Waals surface area contributed by atoms with Crippen LogP contribution in [0, 0.1) is 0 Å². The number of benzene rings is 2. The monoisotopic (exact) mass is 429 g/mol. The smallest absolute Gasteiger partial charge is 0.0319 e. The molecule has 0 saturated heterocycles. The molecule has 0 saturated carbocycles. The van der Waals surface area contributed by atoms with E-state index in [0.717, 1.165) is 7.11 Å². The van der Waals surface area contributed by atoms with Gasteiger partial charge in [-0.1, -0.05) is 146 Å². The summed E-state index contributed by atoms with van der Waals surface area (Å²) in [6, 6.07) is 15.6. The van der Waals surface area contributed by atoms with Crippen molar-refractivity contribution in [3.05, 3.63) is 48.0 Å². The molecule has 0 aromatic heterocycles. The van der Waals surface area contributed by atoms with Gasteiger partial charge in [0.05, 0.1) is 0 Å². The molecule has 0 bridgehead atoms. The summed E-state index contributed by atoms with van der Waals surface area (Å²) < 4.78 is 0. The molecular weight excluding hydrogens is 378 g/mol. The van der Waals surface area contributed by atoms with E-state index in [9.17, 15) is 0 Å². The Kier molecular flexibility index (Phi) is 20.9. The fraction of sp³-hybridized carbons (Fsp3) is 0.655. The average molecular weight is 430 g/mol. The standard InChI is InChI=1S/C28H44.CH4O.H3N/c1-2-3-4-5-6-7-8-9-10-11-12-13-14-15-16-17-21-26-23-20-24-27-22-18-19-25-28(26)27;1-2;/h18-20,22-25H,2-17,21H2,1H3;2H,1H3;1H3. The highest BCUT2D eigenvalue weighted by molar-refractivity contribution is 5.85. The Hall–Kier alpha value is -1.38. The van der Waals surface area contributed by atoms with E-state index in [-0.39, 0.29) is 6.15 Å². The fourth-order valence-electron chi connectivity index (χ4n) is 4.37. The van der Waals surface area contributed by atoms with Crippen LogP contribution in [0.2, 0.25) is 0 Å². The second kappa shape index (κ2) is 21.8. The Balaban J connectivity index is 0.00000291. The van der Waals surface area contributed by atoms with Gasteiger partial charge in [-0.25, -0.2) is 0 Å². The lowest BCUT2D eigenvalue weighted by atomic mass is 9.99. The van der Waals surface area contributed by atoms with Gasteiger partial charge in [0.2, 0.25) is 0 Å². The lowest BCUT2D eigenvalue weighted by Gasteiger charge is -2.07. The van der Waals surface area contributed by atoms with Gasteiger partial charge in [0.25, 0.3) is 0 Å². The van der Waals surface area contributed by atoms with Crippen LogP contribution in [0.25, 0.3) is 10.8 Å². The molecule has 0 aliphatic rings. The Morgan fingerprint density at radius 1 is 0.516 bits per heavy atom. The summed E-state index contributed by atoms with van der Waals surface area (Å²) in [5.74, 6) is 0. The van der Waals surface area contributed by atoms with E-state index in [1.54, 1.807) is 0 Å². The topological polar surface area (TPSA) is 55.2 Å². The van der Waals surface area contributed by atoms with E-state index < -0.39 is 0 Å². The summed E-state index contributed by atoms with van der Waals surface area (Å²) in [7, 11) is 1.00. The number of aliphatic hydroxyl groups excluding tert-OH is 1. The first kappa shape index (κ1) is 29.6. The van der Waals surface area contributed by atoms with E-state index >= 15 is 0 Å². The third-order valence-electron chi connectivity index (χ3n) is 6.18. The molecule has 0 heterocycles. The Morgan fingerprint density at radius 2 is 0.935 bits per heavy atom. The molecule has 178 valence electrons. The number of aryl methyl sites for hydroxylation is 1. The molecule has 0 unspecified atom stereocenters. The zero-order valence-electron chi connectivity index (χ0n) is 20.7. The molecule has 0 spiro atoms. The maximum Gasteiger partial charge on any atom is 0.0319 e. The van der Waals surface area contributed by atoms with Crippen molar-refractivity contribution in [1.29, 1.82) is 0 Å². The van der Waals surface area contributed by atoms with Gasteiger partial charge in [-0.05, 0) is 29.2 Å².